The third-order valence-electron chi connectivity index (χ3n) is 3.67. The number of nitrogens with one attached hydrogen (secondary N) is 1. The van der Waals surface area contributed by atoms with Gasteiger partial charge in [0, 0.05) is 23.9 Å². The highest BCUT2D eigenvalue weighted by molar-refractivity contribution is 5.82. The SMILES string of the molecule is C#CC(CC)NCc1c(CCCC)oc2ccccc12. The Morgan fingerprint density at radius 1 is 1.30 bits per heavy atom. The summed E-state index contributed by atoms with van der Waals surface area (Å²) in [5, 5.41) is 4.64. The highest BCUT2D eigenvalue weighted by Gasteiger charge is 2.14. The average Bonchev–Trinajstić information content (AvgIpc) is 2.84. The van der Waals surface area contributed by atoms with Crippen molar-refractivity contribution in [2.45, 2.75) is 52.1 Å². The molecule has 1 aromatic heterocycles. The lowest BCUT2D eigenvalue weighted by Crippen LogP contribution is -2.26. The molecule has 0 radical (unpaired) electrons. The molecule has 1 heterocycles. The highest BCUT2D eigenvalue weighted by atomic mass is 16.3. The highest BCUT2D eigenvalue weighted by Crippen LogP contribution is 2.27. The van der Waals surface area contributed by atoms with E-state index in [1.165, 1.54) is 17.4 Å². The monoisotopic (exact) mass is 269 g/mol. The first kappa shape index (κ1) is 14.7. The number of terminal acetylenes is 1. The number of fused-ring (bicyclic) bond motifs is 1. The minimum absolute atomic E-state index is 0.127. The van der Waals surface area contributed by atoms with Gasteiger partial charge in [0.1, 0.15) is 11.3 Å². The van der Waals surface area contributed by atoms with Gasteiger partial charge in [-0.05, 0) is 18.9 Å². The first-order valence-corrected chi connectivity index (χ1v) is 7.48. The Balaban J connectivity index is 2.26. The lowest BCUT2D eigenvalue weighted by atomic mass is 10.1. The molecule has 0 saturated heterocycles. The number of aryl methyl sites for hydroxylation is 1. The van der Waals surface area contributed by atoms with Crippen LogP contribution in [0.2, 0.25) is 0 Å². The Labute approximate surface area is 121 Å². The second kappa shape index (κ2) is 7.17. The summed E-state index contributed by atoms with van der Waals surface area (Å²) in [4.78, 5) is 0. The fourth-order valence-electron chi connectivity index (χ4n) is 2.43. The van der Waals surface area contributed by atoms with Crippen LogP contribution in [-0.2, 0) is 13.0 Å². The smallest absolute Gasteiger partial charge is 0.134 e. The van der Waals surface area contributed by atoms with Gasteiger partial charge in [-0.25, -0.2) is 0 Å². The molecule has 0 aliphatic heterocycles. The van der Waals surface area contributed by atoms with E-state index in [0.29, 0.717) is 0 Å². The maximum absolute atomic E-state index is 6.01. The lowest BCUT2D eigenvalue weighted by molar-refractivity contribution is 0.518. The Morgan fingerprint density at radius 3 is 2.80 bits per heavy atom. The van der Waals surface area contributed by atoms with Crippen LogP contribution in [-0.4, -0.2) is 6.04 Å². The quantitative estimate of drug-likeness (QED) is 0.759. The summed E-state index contributed by atoms with van der Waals surface area (Å²) in [6.07, 6.45) is 9.78. The Bertz CT molecular complexity index is 591. The molecule has 2 nitrogen and oxygen atoms in total. The van der Waals surface area contributed by atoms with Crippen molar-refractivity contribution >= 4 is 11.0 Å². The van der Waals surface area contributed by atoms with Crippen LogP contribution in [0, 0.1) is 12.3 Å². The molecule has 106 valence electrons. The largest absolute Gasteiger partial charge is 0.461 e. The molecule has 2 heteroatoms. The van der Waals surface area contributed by atoms with Gasteiger partial charge in [0.05, 0.1) is 6.04 Å². The summed E-state index contributed by atoms with van der Waals surface area (Å²) < 4.78 is 6.01. The first-order valence-electron chi connectivity index (χ1n) is 7.48. The van der Waals surface area contributed by atoms with Crippen LogP contribution in [0.1, 0.15) is 44.4 Å². The van der Waals surface area contributed by atoms with Gasteiger partial charge < -0.3 is 4.42 Å². The van der Waals surface area contributed by atoms with Gasteiger partial charge in [0.2, 0.25) is 0 Å². The molecular weight excluding hydrogens is 246 g/mol. The second-order valence-corrected chi connectivity index (χ2v) is 5.11. The number of hydrogen-bond acceptors (Lipinski definition) is 2. The van der Waals surface area contributed by atoms with Gasteiger partial charge in [0.15, 0.2) is 0 Å². The Kier molecular flexibility index (Phi) is 5.26. The molecule has 0 aliphatic carbocycles. The normalized spacial score (nSPS) is 12.4. The second-order valence-electron chi connectivity index (χ2n) is 5.11. The van der Waals surface area contributed by atoms with E-state index < -0.39 is 0 Å². The van der Waals surface area contributed by atoms with Crippen molar-refractivity contribution < 1.29 is 4.42 Å². The van der Waals surface area contributed by atoms with Crippen LogP contribution in [0.3, 0.4) is 0 Å². The van der Waals surface area contributed by atoms with E-state index >= 15 is 0 Å². The van der Waals surface area contributed by atoms with Crippen molar-refractivity contribution in [1.82, 2.24) is 5.32 Å². The fourth-order valence-corrected chi connectivity index (χ4v) is 2.43. The molecule has 1 aromatic carbocycles. The van der Waals surface area contributed by atoms with Crippen molar-refractivity contribution in [3.63, 3.8) is 0 Å². The zero-order valence-corrected chi connectivity index (χ0v) is 12.4. The number of unbranched alkanes of at least 4 members (excludes halogenated alkanes) is 1. The van der Waals surface area contributed by atoms with Crippen molar-refractivity contribution in [2.24, 2.45) is 0 Å². The van der Waals surface area contributed by atoms with E-state index in [9.17, 15) is 0 Å². The average molecular weight is 269 g/mol. The molecule has 0 saturated carbocycles. The molecule has 0 spiro atoms. The van der Waals surface area contributed by atoms with Crippen molar-refractivity contribution in [3.8, 4) is 12.3 Å². The van der Waals surface area contributed by atoms with Crippen LogP contribution in [0.4, 0.5) is 0 Å². The van der Waals surface area contributed by atoms with Crippen LogP contribution >= 0.6 is 0 Å². The molecule has 2 rings (SSSR count). The summed E-state index contributed by atoms with van der Waals surface area (Å²) in [5.74, 6) is 3.89. The number of furan rings is 1. The Morgan fingerprint density at radius 2 is 2.10 bits per heavy atom. The molecular formula is C18H23NO. The molecule has 0 bridgehead atoms. The van der Waals surface area contributed by atoms with Gasteiger partial charge in [-0.1, -0.05) is 44.4 Å². The molecule has 2 aromatic rings. The molecule has 1 unspecified atom stereocenters. The van der Waals surface area contributed by atoms with E-state index in [1.807, 2.05) is 12.1 Å². The summed E-state index contributed by atoms with van der Waals surface area (Å²) in [6.45, 7) is 5.08. The number of para-hydroxylation sites is 1. The van der Waals surface area contributed by atoms with Gasteiger partial charge in [-0.3, -0.25) is 5.32 Å². The molecule has 1 atom stereocenters. The van der Waals surface area contributed by atoms with Crippen LogP contribution in [0.15, 0.2) is 28.7 Å². The maximum Gasteiger partial charge on any atom is 0.134 e. The van der Waals surface area contributed by atoms with E-state index in [-0.39, 0.29) is 6.04 Å². The zero-order chi connectivity index (χ0) is 14.4. The standard InChI is InChI=1S/C18H23NO/c1-4-7-11-18-16(13-19-14(5-2)6-3)15-10-8-9-12-17(15)20-18/h2,8-10,12,14,19H,4,6-7,11,13H2,1,3H3. The topological polar surface area (TPSA) is 25.2 Å². The first-order chi connectivity index (χ1) is 9.80. The molecule has 0 fully saturated rings. The van der Waals surface area contributed by atoms with Gasteiger partial charge in [0.25, 0.3) is 0 Å². The van der Waals surface area contributed by atoms with E-state index in [0.717, 1.165) is 37.2 Å². The summed E-state index contributed by atoms with van der Waals surface area (Å²) >= 11 is 0. The van der Waals surface area contributed by atoms with Crippen molar-refractivity contribution in [3.05, 3.63) is 35.6 Å². The lowest BCUT2D eigenvalue weighted by Gasteiger charge is -2.10. The van der Waals surface area contributed by atoms with Gasteiger partial charge in [-0.2, -0.15) is 0 Å². The molecule has 0 amide bonds. The molecule has 20 heavy (non-hydrogen) atoms. The molecule has 1 N–H and O–H groups in total. The maximum atomic E-state index is 6.01. The van der Waals surface area contributed by atoms with Crippen LogP contribution < -0.4 is 5.32 Å². The van der Waals surface area contributed by atoms with Crippen molar-refractivity contribution in [2.75, 3.05) is 0 Å². The summed E-state index contributed by atoms with van der Waals surface area (Å²) in [6, 6.07) is 8.36. The van der Waals surface area contributed by atoms with E-state index in [2.05, 4.69) is 37.2 Å². The van der Waals surface area contributed by atoms with Crippen LogP contribution in [0.5, 0.6) is 0 Å². The third kappa shape index (κ3) is 3.23. The molecule has 0 aliphatic rings. The predicted octanol–water partition coefficient (Wildman–Crippen LogP) is 4.28. The summed E-state index contributed by atoms with van der Waals surface area (Å²) in [7, 11) is 0. The number of benzene rings is 1. The number of hydrogen-bond donors (Lipinski definition) is 1. The van der Waals surface area contributed by atoms with Crippen LogP contribution in [0.25, 0.3) is 11.0 Å². The minimum atomic E-state index is 0.127. The number of rotatable bonds is 7. The zero-order valence-electron chi connectivity index (χ0n) is 12.4. The van der Waals surface area contributed by atoms with E-state index in [1.54, 1.807) is 0 Å². The van der Waals surface area contributed by atoms with Crippen molar-refractivity contribution in [1.29, 1.82) is 0 Å². The van der Waals surface area contributed by atoms with Gasteiger partial charge >= 0.3 is 0 Å². The third-order valence-corrected chi connectivity index (χ3v) is 3.67. The predicted molar refractivity (Wildman–Crippen MR) is 84.6 cm³/mol. The minimum Gasteiger partial charge on any atom is -0.461 e. The fraction of sp³-hybridized carbons (Fsp3) is 0.444. The van der Waals surface area contributed by atoms with Gasteiger partial charge in [-0.15, -0.1) is 6.42 Å². The summed E-state index contributed by atoms with van der Waals surface area (Å²) in [5.41, 5.74) is 2.24. The van der Waals surface area contributed by atoms with E-state index in [4.69, 9.17) is 10.8 Å². The Hall–Kier alpha value is -1.72.